The number of carbonyl (C=O) groups is 1. The third kappa shape index (κ3) is 3.26. The zero-order valence-corrected chi connectivity index (χ0v) is 13.2. The molecule has 0 aromatic heterocycles. The Morgan fingerprint density at radius 1 is 1.50 bits per heavy atom. The maximum atomic E-state index is 11.7. The lowest BCUT2D eigenvalue weighted by atomic mass is 10.1. The highest BCUT2D eigenvalue weighted by Crippen LogP contribution is 2.36. The highest BCUT2D eigenvalue weighted by molar-refractivity contribution is 8.33. The molecule has 0 saturated carbocycles. The average molecular weight is 330 g/mol. The van der Waals surface area contributed by atoms with E-state index in [2.05, 4.69) is 5.32 Å². The molecule has 1 aliphatic heterocycles. The van der Waals surface area contributed by atoms with E-state index < -0.39 is 0 Å². The molecule has 1 aromatic rings. The Labute approximate surface area is 131 Å². The van der Waals surface area contributed by atoms with E-state index in [1.165, 1.54) is 7.11 Å². The molecule has 0 amide bonds. The van der Waals surface area contributed by atoms with Crippen LogP contribution in [0.2, 0.25) is 5.02 Å². The van der Waals surface area contributed by atoms with E-state index in [0.717, 1.165) is 11.8 Å². The van der Waals surface area contributed by atoms with Gasteiger partial charge in [0.1, 0.15) is 4.32 Å². The first-order chi connectivity index (χ1) is 9.55. The molecule has 0 spiro atoms. The lowest BCUT2D eigenvalue weighted by Gasteiger charge is -2.13. The van der Waals surface area contributed by atoms with Crippen molar-refractivity contribution in [1.82, 2.24) is 5.32 Å². The predicted octanol–water partition coefficient (Wildman–Crippen LogP) is 3.24. The molecule has 20 heavy (non-hydrogen) atoms. The largest absolute Gasteiger partial charge is 0.493 e. The highest BCUT2D eigenvalue weighted by atomic mass is 35.5. The van der Waals surface area contributed by atoms with Crippen molar-refractivity contribution in [3.05, 3.63) is 28.4 Å². The van der Waals surface area contributed by atoms with E-state index in [9.17, 15) is 4.79 Å². The van der Waals surface area contributed by atoms with E-state index >= 15 is 0 Å². The van der Waals surface area contributed by atoms with Crippen LogP contribution >= 0.6 is 35.6 Å². The first-order valence-electron chi connectivity index (χ1n) is 5.80. The number of hydrogen-bond acceptors (Lipinski definition) is 5. The van der Waals surface area contributed by atoms with Crippen LogP contribution < -0.4 is 14.8 Å². The maximum absolute atomic E-state index is 11.7. The van der Waals surface area contributed by atoms with Gasteiger partial charge in [-0.2, -0.15) is 0 Å². The molecule has 7 heteroatoms. The van der Waals surface area contributed by atoms with Crippen molar-refractivity contribution in [2.75, 3.05) is 13.7 Å². The van der Waals surface area contributed by atoms with Crippen molar-refractivity contribution in [2.45, 2.75) is 6.92 Å². The summed E-state index contributed by atoms with van der Waals surface area (Å²) in [6.45, 7) is 2.34. The summed E-state index contributed by atoms with van der Waals surface area (Å²) >= 11 is 12.0. The number of nitrogens with one attached hydrogen (secondary N) is 1. The van der Waals surface area contributed by atoms with Crippen LogP contribution in [0.5, 0.6) is 11.5 Å². The second-order valence-electron chi connectivity index (χ2n) is 3.82. The van der Waals surface area contributed by atoms with Gasteiger partial charge in [-0.25, -0.2) is 0 Å². The van der Waals surface area contributed by atoms with E-state index in [-0.39, 0.29) is 5.12 Å². The first-order valence-corrected chi connectivity index (χ1v) is 7.40. The van der Waals surface area contributed by atoms with Crippen molar-refractivity contribution < 1.29 is 14.3 Å². The van der Waals surface area contributed by atoms with Crippen molar-refractivity contribution in [3.63, 3.8) is 0 Å². The molecule has 4 nitrogen and oxygen atoms in total. The molecule has 2 rings (SSSR count). The third-order valence-corrected chi connectivity index (χ3v) is 3.76. The summed E-state index contributed by atoms with van der Waals surface area (Å²) in [7, 11) is 1.54. The topological polar surface area (TPSA) is 47.6 Å². The first kappa shape index (κ1) is 15.2. The second kappa shape index (κ2) is 6.47. The number of benzene rings is 1. The number of ether oxygens (including phenoxy) is 2. The van der Waals surface area contributed by atoms with Crippen LogP contribution in [0, 0.1) is 0 Å². The Hall–Kier alpha value is -1.24. The predicted molar refractivity (Wildman–Crippen MR) is 85.5 cm³/mol. The monoisotopic (exact) mass is 329 g/mol. The van der Waals surface area contributed by atoms with Gasteiger partial charge in [-0.1, -0.05) is 23.8 Å². The number of halogens is 1. The van der Waals surface area contributed by atoms with Gasteiger partial charge in [-0.05, 0) is 30.8 Å². The SMILES string of the molecule is CCOc1c(/C=C2/NC(=S)SC2=O)cc(Cl)cc1OC. The summed E-state index contributed by atoms with van der Waals surface area (Å²) < 4.78 is 11.3. The molecule has 0 radical (unpaired) electrons. The zero-order chi connectivity index (χ0) is 14.7. The Kier molecular flexibility index (Phi) is 4.91. The fourth-order valence-corrected chi connectivity index (χ4v) is 2.83. The fourth-order valence-electron chi connectivity index (χ4n) is 1.72. The third-order valence-electron chi connectivity index (χ3n) is 2.50. The minimum absolute atomic E-state index is 0.128. The number of thiocarbonyl (C=S) groups is 1. The standard InChI is InChI=1S/C13H12ClNO3S2/c1-3-18-11-7(4-8(14)6-10(11)17-2)5-9-12(16)20-13(19)15-9/h4-6H,3H2,1-2H3,(H,15,19)/b9-5+. The van der Waals surface area contributed by atoms with Gasteiger partial charge in [-0.3, -0.25) is 4.79 Å². The quantitative estimate of drug-likeness (QED) is 0.676. The highest BCUT2D eigenvalue weighted by Gasteiger charge is 2.23. The van der Waals surface area contributed by atoms with Crippen LogP contribution in [-0.4, -0.2) is 23.2 Å². The molecule has 1 saturated heterocycles. The Morgan fingerprint density at radius 2 is 2.25 bits per heavy atom. The molecule has 1 aliphatic rings. The molecule has 0 atom stereocenters. The summed E-state index contributed by atoms with van der Waals surface area (Å²) in [5.41, 5.74) is 1.07. The number of methoxy groups -OCH3 is 1. The molecule has 0 aliphatic carbocycles. The van der Waals surface area contributed by atoms with Crippen LogP contribution in [0.3, 0.4) is 0 Å². The Bertz CT molecular complexity index is 602. The molecule has 1 N–H and O–H groups in total. The van der Waals surface area contributed by atoms with Gasteiger partial charge in [0.05, 0.1) is 19.4 Å². The van der Waals surface area contributed by atoms with E-state index in [1.54, 1.807) is 18.2 Å². The van der Waals surface area contributed by atoms with Crippen LogP contribution in [-0.2, 0) is 4.79 Å². The lowest BCUT2D eigenvalue weighted by Crippen LogP contribution is -2.10. The number of carbonyl (C=O) groups excluding carboxylic acids is 1. The van der Waals surface area contributed by atoms with Gasteiger partial charge in [0.15, 0.2) is 11.5 Å². The summed E-state index contributed by atoms with van der Waals surface area (Å²) in [5, 5.41) is 3.21. The Morgan fingerprint density at radius 3 is 2.80 bits per heavy atom. The van der Waals surface area contributed by atoms with Crippen LogP contribution in [0.1, 0.15) is 12.5 Å². The van der Waals surface area contributed by atoms with Gasteiger partial charge in [-0.15, -0.1) is 0 Å². The fraction of sp³-hybridized carbons (Fsp3) is 0.231. The van der Waals surface area contributed by atoms with Gasteiger partial charge in [0.2, 0.25) is 5.12 Å². The minimum Gasteiger partial charge on any atom is -0.493 e. The summed E-state index contributed by atoms with van der Waals surface area (Å²) in [6.07, 6.45) is 1.66. The average Bonchev–Trinajstić information content (AvgIpc) is 2.70. The van der Waals surface area contributed by atoms with E-state index in [4.69, 9.17) is 33.3 Å². The summed E-state index contributed by atoms with van der Waals surface area (Å²) in [6, 6.07) is 3.38. The van der Waals surface area contributed by atoms with Crippen LogP contribution in [0.15, 0.2) is 17.8 Å². The van der Waals surface area contributed by atoms with E-state index in [1.807, 2.05) is 6.92 Å². The molecule has 0 unspecified atom stereocenters. The molecule has 106 valence electrons. The maximum Gasteiger partial charge on any atom is 0.242 e. The van der Waals surface area contributed by atoms with E-state index in [0.29, 0.717) is 38.7 Å². The Balaban J connectivity index is 2.49. The van der Waals surface area contributed by atoms with Crippen molar-refractivity contribution in [2.24, 2.45) is 0 Å². The van der Waals surface area contributed by atoms with Crippen LogP contribution in [0.4, 0.5) is 0 Å². The molecule has 1 aromatic carbocycles. The van der Waals surface area contributed by atoms with Gasteiger partial charge in [0.25, 0.3) is 0 Å². The van der Waals surface area contributed by atoms with Gasteiger partial charge in [0, 0.05) is 16.7 Å². The summed E-state index contributed by atoms with van der Waals surface area (Å²) in [4.78, 5) is 11.7. The second-order valence-corrected chi connectivity index (χ2v) is 5.91. The molecular weight excluding hydrogens is 318 g/mol. The smallest absolute Gasteiger partial charge is 0.242 e. The molecule has 1 heterocycles. The van der Waals surface area contributed by atoms with Gasteiger partial charge < -0.3 is 14.8 Å². The number of hydrogen-bond donors (Lipinski definition) is 1. The number of thioether (sulfide) groups is 1. The normalized spacial score (nSPS) is 16.4. The van der Waals surface area contributed by atoms with Crippen molar-refractivity contribution in [1.29, 1.82) is 0 Å². The van der Waals surface area contributed by atoms with Crippen molar-refractivity contribution >= 4 is 51.1 Å². The van der Waals surface area contributed by atoms with Crippen LogP contribution in [0.25, 0.3) is 6.08 Å². The number of rotatable bonds is 4. The zero-order valence-electron chi connectivity index (χ0n) is 10.9. The van der Waals surface area contributed by atoms with Gasteiger partial charge >= 0.3 is 0 Å². The summed E-state index contributed by atoms with van der Waals surface area (Å²) in [5.74, 6) is 1.07. The minimum atomic E-state index is -0.128. The molecular formula is C13H12ClNO3S2. The molecule has 1 fully saturated rings. The van der Waals surface area contributed by atoms with Crippen molar-refractivity contribution in [3.8, 4) is 11.5 Å². The lowest BCUT2D eigenvalue weighted by molar-refractivity contribution is -0.107. The molecule has 0 bridgehead atoms.